The van der Waals surface area contributed by atoms with Crippen LogP contribution in [-0.4, -0.2) is 82.0 Å². The second-order valence-corrected chi connectivity index (χ2v) is 9.01. The Morgan fingerprint density at radius 2 is 1.25 bits per heavy atom. The van der Waals surface area contributed by atoms with Gasteiger partial charge in [0.25, 0.3) is 0 Å². The maximum atomic E-state index is 14.6. The lowest BCUT2D eigenvalue weighted by Gasteiger charge is -2.35. The van der Waals surface area contributed by atoms with Crippen molar-refractivity contribution in [2.24, 2.45) is 11.8 Å². The van der Waals surface area contributed by atoms with Crippen molar-refractivity contribution >= 4 is 0 Å². The van der Waals surface area contributed by atoms with Crippen LogP contribution in [0.25, 0.3) is 0 Å². The zero-order valence-electron chi connectivity index (χ0n) is 20.6. The highest BCUT2D eigenvalue weighted by Gasteiger charge is 2.39. The van der Waals surface area contributed by atoms with Crippen molar-refractivity contribution in [1.29, 1.82) is 0 Å². The van der Waals surface area contributed by atoms with Gasteiger partial charge in [-0.3, -0.25) is 0 Å². The van der Waals surface area contributed by atoms with E-state index in [9.17, 15) is 34.3 Å². The fourth-order valence-corrected chi connectivity index (χ4v) is 4.21. The Balaban J connectivity index is 2.31. The molecule has 0 aliphatic rings. The van der Waals surface area contributed by atoms with Gasteiger partial charge in [-0.05, 0) is 78.6 Å². The van der Waals surface area contributed by atoms with Gasteiger partial charge >= 0.3 is 0 Å². The molecule has 6 N–H and O–H groups in total. The van der Waals surface area contributed by atoms with Gasteiger partial charge in [0, 0.05) is 0 Å². The summed E-state index contributed by atoms with van der Waals surface area (Å²) in [5.74, 6) is -1.43. The predicted octanol–water partition coefficient (Wildman–Crippen LogP) is 1.21. The van der Waals surface area contributed by atoms with Crippen LogP contribution in [0.5, 0.6) is 11.5 Å². The summed E-state index contributed by atoms with van der Waals surface area (Å²) >= 11 is 0. The molecule has 0 aliphatic heterocycles. The minimum absolute atomic E-state index is 0.0750. The lowest BCUT2D eigenvalue weighted by Crippen LogP contribution is -2.52. The van der Waals surface area contributed by atoms with Crippen molar-refractivity contribution in [2.45, 2.75) is 56.7 Å². The van der Waals surface area contributed by atoms with Crippen LogP contribution in [0.15, 0.2) is 36.4 Å². The lowest BCUT2D eigenvalue weighted by molar-refractivity contribution is -0.152. The Morgan fingerprint density at radius 1 is 0.750 bits per heavy atom. The summed E-state index contributed by atoms with van der Waals surface area (Å²) in [6.45, 7) is 0.865. The summed E-state index contributed by atoms with van der Waals surface area (Å²) in [5.41, 5.74) is 0.569. The van der Waals surface area contributed by atoms with Crippen LogP contribution >= 0.6 is 0 Å². The molecule has 202 valence electrons. The fraction of sp³-hybridized carbons (Fsp3) is 0.538. The van der Waals surface area contributed by atoms with Crippen molar-refractivity contribution in [1.82, 2.24) is 0 Å². The van der Waals surface area contributed by atoms with Crippen LogP contribution in [-0.2, 0) is 12.8 Å². The van der Waals surface area contributed by atoms with Crippen LogP contribution in [0, 0.1) is 23.5 Å². The first-order valence-corrected chi connectivity index (χ1v) is 11.7. The molecule has 0 aliphatic carbocycles. The molecule has 2 aromatic rings. The monoisotopic (exact) mass is 514 g/mol. The SMILES string of the molecule is COc1ccc(F)c(CCC(C)C(Cc2cc(OC)ccc2F)C(O)[C@@H](O)[C@@H](O)[C@H](O)[C@@H](O)CO)c1. The van der Waals surface area contributed by atoms with E-state index in [-0.39, 0.29) is 18.4 Å². The summed E-state index contributed by atoms with van der Waals surface area (Å²) in [7, 11) is 2.88. The highest BCUT2D eigenvalue weighted by atomic mass is 19.1. The van der Waals surface area contributed by atoms with Gasteiger partial charge in [0.1, 0.15) is 47.5 Å². The molecule has 0 bridgehead atoms. The minimum Gasteiger partial charge on any atom is -0.497 e. The van der Waals surface area contributed by atoms with Crippen molar-refractivity contribution in [3.63, 3.8) is 0 Å². The number of halogens is 2. The maximum Gasteiger partial charge on any atom is 0.126 e. The smallest absolute Gasteiger partial charge is 0.126 e. The van der Waals surface area contributed by atoms with Crippen LogP contribution < -0.4 is 9.47 Å². The predicted molar refractivity (Wildman–Crippen MR) is 128 cm³/mol. The Labute approximate surface area is 209 Å². The average Bonchev–Trinajstić information content (AvgIpc) is 2.89. The summed E-state index contributed by atoms with van der Waals surface area (Å²) in [6, 6.07) is 8.43. The van der Waals surface area contributed by atoms with Crippen molar-refractivity contribution in [3.8, 4) is 11.5 Å². The van der Waals surface area contributed by atoms with Gasteiger partial charge in [-0.15, -0.1) is 0 Å². The molecular formula is C26H36F2O8. The lowest BCUT2D eigenvalue weighted by atomic mass is 9.77. The van der Waals surface area contributed by atoms with E-state index in [4.69, 9.17) is 14.6 Å². The second kappa shape index (κ2) is 13.8. The normalized spacial score (nSPS) is 17.5. The van der Waals surface area contributed by atoms with Crippen LogP contribution in [0.1, 0.15) is 24.5 Å². The number of aliphatic hydroxyl groups is 6. The third-order valence-electron chi connectivity index (χ3n) is 6.63. The first kappa shape index (κ1) is 29.9. The van der Waals surface area contributed by atoms with E-state index in [0.29, 0.717) is 23.5 Å². The molecule has 0 amide bonds. The van der Waals surface area contributed by atoms with E-state index >= 15 is 0 Å². The molecule has 3 unspecified atom stereocenters. The van der Waals surface area contributed by atoms with Gasteiger partial charge in [0.2, 0.25) is 0 Å². The van der Waals surface area contributed by atoms with Crippen LogP contribution in [0.4, 0.5) is 8.78 Å². The maximum absolute atomic E-state index is 14.6. The van der Waals surface area contributed by atoms with Gasteiger partial charge in [0.15, 0.2) is 0 Å². The number of methoxy groups -OCH3 is 2. The summed E-state index contributed by atoms with van der Waals surface area (Å²) in [6.07, 6.45) is -8.79. The largest absolute Gasteiger partial charge is 0.497 e. The molecule has 2 aromatic carbocycles. The number of ether oxygens (including phenoxy) is 2. The van der Waals surface area contributed by atoms with E-state index in [1.165, 1.54) is 44.6 Å². The molecule has 0 radical (unpaired) electrons. The van der Waals surface area contributed by atoms with Crippen LogP contribution in [0.2, 0.25) is 0 Å². The Morgan fingerprint density at radius 3 is 1.78 bits per heavy atom. The number of rotatable bonds is 14. The van der Waals surface area contributed by atoms with Crippen molar-refractivity contribution < 1.29 is 48.9 Å². The molecule has 7 atom stereocenters. The molecule has 0 saturated carbocycles. The molecule has 8 nitrogen and oxygen atoms in total. The Kier molecular flexibility index (Phi) is 11.5. The van der Waals surface area contributed by atoms with Crippen molar-refractivity contribution in [3.05, 3.63) is 59.2 Å². The summed E-state index contributed by atoms with van der Waals surface area (Å²) in [5, 5.41) is 60.6. The fourth-order valence-electron chi connectivity index (χ4n) is 4.21. The van der Waals surface area contributed by atoms with Crippen LogP contribution in [0.3, 0.4) is 0 Å². The van der Waals surface area contributed by atoms with E-state index in [2.05, 4.69) is 0 Å². The average molecular weight is 515 g/mol. The summed E-state index contributed by atoms with van der Waals surface area (Å²) < 4.78 is 39.2. The molecule has 36 heavy (non-hydrogen) atoms. The molecule has 0 saturated heterocycles. The molecule has 0 aromatic heterocycles. The zero-order chi connectivity index (χ0) is 27.0. The standard InChI is InChI=1S/C26H36F2O8/c1-14(4-5-15-10-17(35-2)6-8-20(15)27)19(12-16-11-18(36-3)7-9-21(16)28)23(31)25(33)26(34)24(32)22(30)13-29/h6-11,14,19,22-26,29-34H,4-5,12-13H2,1-3H3/t14?,19?,22-,23?,24+,25+,26-/m0/s1. The molecule has 0 fully saturated rings. The van der Waals surface area contributed by atoms with Gasteiger partial charge in [-0.1, -0.05) is 6.92 Å². The number of aliphatic hydroxyl groups excluding tert-OH is 6. The molecular weight excluding hydrogens is 478 g/mol. The van der Waals surface area contributed by atoms with E-state index in [1.807, 2.05) is 0 Å². The van der Waals surface area contributed by atoms with Gasteiger partial charge < -0.3 is 40.1 Å². The van der Waals surface area contributed by atoms with Gasteiger partial charge in [-0.25, -0.2) is 8.78 Å². The Hall–Kier alpha value is -2.34. The number of benzene rings is 2. The quantitative estimate of drug-likeness (QED) is 0.221. The number of hydrogen-bond acceptors (Lipinski definition) is 8. The molecule has 10 heteroatoms. The van der Waals surface area contributed by atoms with E-state index < -0.39 is 60.6 Å². The Bertz CT molecular complexity index is 960. The summed E-state index contributed by atoms with van der Waals surface area (Å²) in [4.78, 5) is 0. The minimum atomic E-state index is -2.00. The second-order valence-electron chi connectivity index (χ2n) is 9.01. The highest BCUT2D eigenvalue weighted by Crippen LogP contribution is 2.31. The third-order valence-corrected chi connectivity index (χ3v) is 6.63. The van der Waals surface area contributed by atoms with Gasteiger partial charge in [-0.2, -0.15) is 0 Å². The topological polar surface area (TPSA) is 140 Å². The first-order chi connectivity index (χ1) is 17.0. The molecule has 0 heterocycles. The number of aryl methyl sites for hydroxylation is 1. The molecule has 0 spiro atoms. The van der Waals surface area contributed by atoms with E-state index in [1.54, 1.807) is 13.0 Å². The van der Waals surface area contributed by atoms with E-state index in [0.717, 1.165) is 0 Å². The highest BCUT2D eigenvalue weighted by molar-refractivity contribution is 5.31. The number of hydrogen-bond donors (Lipinski definition) is 6. The zero-order valence-corrected chi connectivity index (χ0v) is 20.6. The van der Waals surface area contributed by atoms with Crippen molar-refractivity contribution in [2.75, 3.05) is 20.8 Å². The third kappa shape index (κ3) is 7.58. The first-order valence-electron chi connectivity index (χ1n) is 11.7. The molecule has 2 rings (SSSR count). The van der Waals surface area contributed by atoms with Gasteiger partial charge in [0.05, 0.1) is 26.9 Å².